The molecule has 0 aromatic rings. The van der Waals surface area contributed by atoms with E-state index in [0.717, 1.165) is 6.42 Å². The van der Waals surface area contributed by atoms with Crippen molar-refractivity contribution < 1.29 is 14.6 Å². The second-order valence-corrected chi connectivity index (χ2v) is 4.72. The van der Waals surface area contributed by atoms with E-state index in [9.17, 15) is 5.11 Å². The van der Waals surface area contributed by atoms with Gasteiger partial charge in [0.25, 0.3) is 0 Å². The first-order chi connectivity index (χ1) is 6.18. The third kappa shape index (κ3) is 0.901. The molecule has 0 unspecified atom stereocenters. The second-order valence-electron chi connectivity index (χ2n) is 4.72. The van der Waals surface area contributed by atoms with Gasteiger partial charge in [0.2, 0.25) is 0 Å². The van der Waals surface area contributed by atoms with Gasteiger partial charge in [0, 0.05) is 18.3 Å². The van der Waals surface area contributed by atoms with Crippen molar-refractivity contribution in [3.8, 4) is 0 Å². The summed E-state index contributed by atoms with van der Waals surface area (Å²) in [4.78, 5) is 0. The van der Waals surface area contributed by atoms with E-state index >= 15 is 0 Å². The van der Waals surface area contributed by atoms with Crippen molar-refractivity contribution in [2.24, 2.45) is 11.8 Å². The lowest BCUT2D eigenvalue weighted by Crippen LogP contribution is -2.68. The van der Waals surface area contributed by atoms with Gasteiger partial charge in [-0.3, -0.25) is 0 Å². The molecular weight excluding hydrogens is 168 g/mol. The lowest BCUT2D eigenvalue weighted by atomic mass is 9.71. The van der Waals surface area contributed by atoms with Crippen molar-refractivity contribution in [3.05, 3.63) is 0 Å². The van der Waals surface area contributed by atoms with E-state index in [-0.39, 0.29) is 12.2 Å². The predicted molar refractivity (Wildman–Crippen MR) is 46.3 cm³/mol. The minimum Gasteiger partial charge on any atom is -0.388 e. The zero-order chi connectivity index (χ0) is 9.16. The minimum absolute atomic E-state index is 0.0266. The topological polar surface area (TPSA) is 38.7 Å². The van der Waals surface area contributed by atoms with Crippen LogP contribution in [0, 0.1) is 11.8 Å². The molecule has 4 rings (SSSR count). The molecule has 7 atom stereocenters. The summed E-state index contributed by atoms with van der Waals surface area (Å²) in [6, 6.07) is 0. The Morgan fingerprint density at radius 3 is 2.46 bits per heavy atom. The molecular formula is C10H16O3. The van der Waals surface area contributed by atoms with Gasteiger partial charge in [0.1, 0.15) is 6.10 Å². The Bertz CT molecular complexity index is 208. The lowest BCUT2D eigenvalue weighted by molar-refractivity contribution is -0.326. The highest BCUT2D eigenvalue weighted by Gasteiger charge is 2.56. The van der Waals surface area contributed by atoms with Crippen LogP contribution in [0.1, 0.15) is 20.3 Å². The predicted octanol–water partition coefficient (Wildman–Crippen LogP) is 0.558. The SMILES string of the molecule is C[C@@H]1[C@@H]2O[C@H]3C[C@H](O[C@@H]1[C@@H]3O)[C@H]2C. The maximum absolute atomic E-state index is 9.83. The fraction of sp³-hybridized carbons (Fsp3) is 1.00. The molecule has 0 spiro atoms. The summed E-state index contributed by atoms with van der Waals surface area (Å²) in [6.45, 7) is 4.31. The van der Waals surface area contributed by atoms with E-state index in [4.69, 9.17) is 9.47 Å². The van der Waals surface area contributed by atoms with E-state index in [1.165, 1.54) is 0 Å². The van der Waals surface area contributed by atoms with Gasteiger partial charge in [-0.2, -0.15) is 0 Å². The van der Waals surface area contributed by atoms with Gasteiger partial charge in [-0.05, 0) is 0 Å². The summed E-state index contributed by atoms with van der Waals surface area (Å²) >= 11 is 0. The van der Waals surface area contributed by atoms with Crippen LogP contribution in [-0.4, -0.2) is 35.6 Å². The van der Waals surface area contributed by atoms with Crippen molar-refractivity contribution in [1.29, 1.82) is 0 Å². The van der Waals surface area contributed by atoms with Crippen molar-refractivity contribution in [3.63, 3.8) is 0 Å². The lowest BCUT2D eigenvalue weighted by Gasteiger charge is -2.58. The first-order valence-corrected chi connectivity index (χ1v) is 5.17. The molecule has 0 radical (unpaired) electrons. The zero-order valence-electron chi connectivity index (χ0n) is 8.01. The number of rotatable bonds is 0. The average molecular weight is 184 g/mol. The van der Waals surface area contributed by atoms with Crippen molar-refractivity contribution >= 4 is 0 Å². The standard InChI is InChI=1S/C10H16O3/c1-4-6-3-7-8(11)10(12-6)5(2)9(4)13-7/h4-11H,3H2,1-2H3/t4-,5-,6+,7+,8-,9-,10+/m1/s1. The molecule has 1 N–H and O–H groups in total. The number of hydrogen-bond acceptors (Lipinski definition) is 3. The van der Waals surface area contributed by atoms with Gasteiger partial charge in [0.15, 0.2) is 0 Å². The molecule has 4 fully saturated rings. The van der Waals surface area contributed by atoms with E-state index in [1.54, 1.807) is 0 Å². The van der Waals surface area contributed by atoms with Crippen LogP contribution in [0.25, 0.3) is 0 Å². The zero-order valence-corrected chi connectivity index (χ0v) is 8.01. The van der Waals surface area contributed by atoms with Gasteiger partial charge < -0.3 is 14.6 Å². The molecule has 4 bridgehead atoms. The fourth-order valence-electron chi connectivity index (χ4n) is 3.15. The van der Waals surface area contributed by atoms with Crippen LogP contribution in [0.2, 0.25) is 0 Å². The van der Waals surface area contributed by atoms with E-state index in [2.05, 4.69) is 13.8 Å². The summed E-state index contributed by atoms with van der Waals surface area (Å²) in [5, 5.41) is 9.83. The van der Waals surface area contributed by atoms with Crippen molar-refractivity contribution in [2.75, 3.05) is 0 Å². The highest BCUT2D eigenvalue weighted by molar-refractivity contribution is 5.04. The molecule has 4 heterocycles. The van der Waals surface area contributed by atoms with Crippen molar-refractivity contribution in [1.82, 2.24) is 0 Å². The van der Waals surface area contributed by atoms with Crippen LogP contribution in [0.5, 0.6) is 0 Å². The highest BCUT2D eigenvalue weighted by atomic mass is 16.6. The normalized spacial score (nSPS) is 64.4. The summed E-state index contributed by atoms with van der Waals surface area (Å²) in [7, 11) is 0. The fourth-order valence-corrected chi connectivity index (χ4v) is 3.15. The van der Waals surface area contributed by atoms with Crippen LogP contribution < -0.4 is 0 Å². The molecule has 0 aromatic carbocycles. The van der Waals surface area contributed by atoms with Gasteiger partial charge in [-0.25, -0.2) is 0 Å². The number of hydrogen-bond donors (Lipinski definition) is 1. The smallest absolute Gasteiger partial charge is 0.107 e. The Labute approximate surface area is 78.0 Å². The van der Waals surface area contributed by atoms with Gasteiger partial charge in [-0.15, -0.1) is 0 Å². The molecule has 13 heavy (non-hydrogen) atoms. The van der Waals surface area contributed by atoms with Crippen LogP contribution in [0.4, 0.5) is 0 Å². The molecule has 4 saturated heterocycles. The van der Waals surface area contributed by atoms with Crippen LogP contribution in [0.15, 0.2) is 0 Å². The van der Waals surface area contributed by atoms with Crippen LogP contribution in [-0.2, 0) is 9.47 Å². The number of aliphatic hydroxyl groups is 1. The summed E-state index contributed by atoms with van der Waals surface area (Å²) in [5.74, 6) is 0.841. The summed E-state index contributed by atoms with van der Waals surface area (Å²) < 4.78 is 11.7. The van der Waals surface area contributed by atoms with Crippen LogP contribution in [0.3, 0.4) is 0 Å². The van der Waals surface area contributed by atoms with Gasteiger partial charge in [-0.1, -0.05) is 13.8 Å². The summed E-state index contributed by atoms with van der Waals surface area (Å²) in [5.41, 5.74) is 0. The Hall–Kier alpha value is -0.120. The van der Waals surface area contributed by atoms with Gasteiger partial charge >= 0.3 is 0 Å². The molecule has 0 saturated carbocycles. The molecule has 3 nitrogen and oxygen atoms in total. The van der Waals surface area contributed by atoms with Crippen LogP contribution >= 0.6 is 0 Å². The third-order valence-corrected chi connectivity index (χ3v) is 3.99. The first-order valence-electron chi connectivity index (χ1n) is 5.17. The molecule has 74 valence electrons. The molecule has 3 heteroatoms. The average Bonchev–Trinajstić information content (AvgIpc) is 2.10. The largest absolute Gasteiger partial charge is 0.388 e. The first kappa shape index (κ1) is 8.21. The minimum atomic E-state index is -0.394. The van der Waals surface area contributed by atoms with E-state index in [0.29, 0.717) is 24.0 Å². The maximum atomic E-state index is 9.83. The summed E-state index contributed by atoms with van der Waals surface area (Å²) in [6.07, 6.45) is 1.19. The van der Waals surface area contributed by atoms with E-state index < -0.39 is 6.10 Å². The molecule has 4 aliphatic heterocycles. The Morgan fingerprint density at radius 2 is 1.69 bits per heavy atom. The van der Waals surface area contributed by atoms with Crippen molar-refractivity contribution in [2.45, 2.75) is 50.8 Å². The third-order valence-electron chi connectivity index (χ3n) is 3.99. The molecule has 0 aliphatic carbocycles. The Kier molecular flexibility index (Phi) is 1.56. The Balaban J connectivity index is 1.95. The molecule has 4 aliphatic rings. The molecule has 0 aromatic heterocycles. The monoisotopic (exact) mass is 184 g/mol. The maximum Gasteiger partial charge on any atom is 0.107 e. The van der Waals surface area contributed by atoms with E-state index in [1.807, 2.05) is 0 Å². The molecule has 0 amide bonds. The van der Waals surface area contributed by atoms with Gasteiger partial charge in [0.05, 0.1) is 24.4 Å². The number of aliphatic hydroxyl groups excluding tert-OH is 1. The highest BCUT2D eigenvalue weighted by Crippen LogP contribution is 2.46. The number of ether oxygens (including phenoxy) is 2. The second kappa shape index (κ2) is 2.47. The Morgan fingerprint density at radius 1 is 1.00 bits per heavy atom. The quantitative estimate of drug-likeness (QED) is 0.598.